The molecule has 0 saturated carbocycles. The van der Waals surface area contributed by atoms with E-state index in [1.807, 2.05) is 4.90 Å². The summed E-state index contributed by atoms with van der Waals surface area (Å²) in [5.41, 5.74) is 0.697. The molecule has 2 heterocycles. The molecule has 1 unspecified atom stereocenters. The van der Waals surface area contributed by atoms with E-state index in [1.54, 1.807) is 25.2 Å². The third kappa shape index (κ3) is 4.14. The SMILES string of the molecule is CN(c1ccc(C(=O)Nc2cccc(F)c2)cn1)C1CCS(=O)(=O)C1. The van der Waals surface area contributed by atoms with E-state index in [2.05, 4.69) is 10.3 Å². The van der Waals surface area contributed by atoms with Gasteiger partial charge < -0.3 is 10.2 Å². The highest BCUT2D eigenvalue weighted by molar-refractivity contribution is 7.91. The summed E-state index contributed by atoms with van der Waals surface area (Å²) in [5, 5.41) is 2.60. The molecule has 1 amide bonds. The monoisotopic (exact) mass is 363 g/mol. The van der Waals surface area contributed by atoms with Crippen LogP contribution in [0.4, 0.5) is 15.9 Å². The van der Waals surface area contributed by atoms with Crippen LogP contribution in [0.15, 0.2) is 42.6 Å². The van der Waals surface area contributed by atoms with Gasteiger partial charge >= 0.3 is 0 Å². The molecule has 6 nitrogen and oxygen atoms in total. The van der Waals surface area contributed by atoms with Crippen molar-refractivity contribution in [2.45, 2.75) is 12.5 Å². The molecular formula is C17H18FN3O3S. The molecule has 1 aliphatic rings. The molecular weight excluding hydrogens is 345 g/mol. The van der Waals surface area contributed by atoms with E-state index in [0.29, 0.717) is 23.5 Å². The molecule has 2 aromatic rings. The van der Waals surface area contributed by atoms with Gasteiger partial charge in [-0.3, -0.25) is 4.79 Å². The van der Waals surface area contributed by atoms with Gasteiger partial charge in [-0.15, -0.1) is 0 Å². The number of anilines is 2. The Bertz CT molecular complexity index is 884. The van der Waals surface area contributed by atoms with Crippen LogP contribution in [-0.4, -0.2) is 43.9 Å². The van der Waals surface area contributed by atoms with E-state index in [0.717, 1.165) is 0 Å². The van der Waals surface area contributed by atoms with Gasteiger partial charge in [0.05, 0.1) is 17.1 Å². The number of aromatic nitrogens is 1. The second kappa shape index (κ2) is 6.79. The van der Waals surface area contributed by atoms with Gasteiger partial charge in [-0.25, -0.2) is 17.8 Å². The fourth-order valence-corrected chi connectivity index (χ4v) is 4.54. The number of benzene rings is 1. The minimum atomic E-state index is -2.97. The summed E-state index contributed by atoms with van der Waals surface area (Å²) in [4.78, 5) is 18.2. The van der Waals surface area contributed by atoms with E-state index in [4.69, 9.17) is 0 Å². The molecule has 1 aliphatic heterocycles. The van der Waals surface area contributed by atoms with Crippen molar-refractivity contribution in [3.8, 4) is 0 Å². The van der Waals surface area contributed by atoms with Crippen molar-refractivity contribution in [1.82, 2.24) is 4.98 Å². The summed E-state index contributed by atoms with van der Waals surface area (Å²) in [5.74, 6) is 0.0860. The predicted octanol–water partition coefficient (Wildman–Crippen LogP) is 2.10. The molecule has 25 heavy (non-hydrogen) atoms. The van der Waals surface area contributed by atoms with Gasteiger partial charge in [-0.1, -0.05) is 6.07 Å². The Morgan fingerprint density at radius 2 is 2.12 bits per heavy atom. The van der Waals surface area contributed by atoms with Crippen LogP contribution >= 0.6 is 0 Å². The zero-order valence-electron chi connectivity index (χ0n) is 13.6. The number of carbonyl (C=O) groups excluding carboxylic acids is 1. The number of hydrogen-bond acceptors (Lipinski definition) is 5. The molecule has 0 spiro atoms. The summed E-state index contributed by atoms with van der Waals surface area (Å²) >= 11 is 0. The summed E-state index contributed by atoms with van der Waals surface area (Å²) in [6.07, 6.45) is 1.99. The maximum absolute atomic E-state index is 13.2. The molecule has 1 fully saturated rings. The first-order valence-electron chi connectivity index (χ1n) is 7.80. The van der Waals surface area contributed by atoms with Crippen molar-refractivity contribution in [3.63, 3.8) is 0 Å². The van der Waals surface area contributed by atoms with Gasteiger partial charge in [0.25, 0.3) is 5.91 Å². The van der Waals surface area contributed by atoms with Crippen molar-refractivity contribution in [2.24, 2.45) is 0 Å². The van der Waals surface area contributed by atoms with Crippen LogP contribution in [0.5, 0.6) is 0 Å². The largest absolute Gasteiger partial charge is 0.356 e. The summed E-state index contributed by atoms with van der Waals surface area (Å²) in [7, 11) is -1.18. The van der Waals surface area contributed by atoms with Crippen molar-refractivity contribution >= 4 is 27.2 Å². The molecule has 132 valence electrons. The molecule has 1 aromatic carbocycles. The number of amides is 1. The van der Waals surface area contributed by atoms with Crippen LogP contribution in [0.2, 0.25) is 0 Å². The topological polar surface area (TPSA) is 79.4 Å². The maximum atomic E-state index is 13.2. The average molecular weight is 363 g/mol. The number of halogens is 1. The molecule has 3 rings (SSSR count). The lowest BCUT2D eigenvalue weighted by molar-refractivity contribution is 0.102. The second-order valence-electron chi connectivity index (χ2n) is 6.04. The highest BCUT2D eigenvalue weighted by Gasteiger charge is 2.31. The quantitative estimate of drug-likeness (QED) is 0.900. The van der Waals surface area contributed by atoms with Crippen molar-refractivity contribution < 1.29 is 17.6 Å². The first-order chi connectivity index (χ1) is 11.8. The Labute approximate surface area is 145 Å². The highest BCUT2D eigenvalue weighted by Crippen LogP contribution is 2.21. The third-order valence-corrected chi connectivity index (χ3v) is 5.96. The van der Waals surface area contributed by atoms with Crippen LogP contribution in [0, 0.1) is 5.82 Å². The van der Waals surface area contributed by atoms with Gasteiger partial charge in [0.15, 0.2) is 9.84 Å². The normalized spacial score (nSPS) is 18.7. The van der Waals surface area contributed by atoms with Crippen LogP contribution in [0.3, 0.4) is 0 Å². The second-order valence-corrected chi connectivity index (χ2v) is 8.27. The zero-order valence-corrected chi connectivity index (χ0v) is 14.5. The molecule has 0 aliphatic carbocycles. The Morgan fingerprint density at radius 1 is 1.32 bits per heavy atom. The number of hydrogen-bond donors (Lipinski definition) is 1. The lowest BCUT2D eigenvalue weighted by Gasteiger charge is -2.24. The summed E-state index contributed by atoms with van der Waals surface area (Å²) in [6, 6.07) is 8.81. The van der Waals surface area contributed by atoms with E-state index < -0.39 is 21.6 Å². The van der Waals surface area contributed by atoms with Gasteiger partial charge in [0, 0.05) is 25.0 Å². The van der Waals surface area contributed by atoms with Crippen molar-refractivity contribution in [1.29, 1.82) is 0 Å². The van der Waals surface area contributed by atoms with Crippen molar-refractivity contribution in [3.05, 3.63) is 54.0 Å². The average Bonchev–Trinajstić information content (AvgIpc) is 2.94. The minimum absolute atomic E-state index is 0.107. The van der Waals surface area contributed by atoms with Gasteiger partial charge in [0.1, 0.15) is 11.6 Å². The fraction of sp³-hybridized carbons (Fsp3) is 0.294. The Kier molecular flexibility index (Phi) is 4.71. The molecule has 1 atom stereocenters. The van der Waals surface area contributed by atoms with Crippen molar-refractivity contribution in [2.75, 3.05) is 28.8 Å². The van der Waals surface area contributed by atoms with Crippen LogP contribution in [0.25, 0.3) is 0 Å². The number of nitrogens with one attached hydrogen (secondary N) is 1. The number of carbonyl (C=O) groups is 1. The van der Waals surface area contributed by atoms with Gasteiger partial charge in [-0.05, 0) is 36.8 Å². The zero-order chi connectivity index (χ0) is 18.0. The first kappa shape index (κ1) is 17.3. The Hall–Kier alpha value is -2.48. The van der Waals surface area contributed by atoms with Gasteiger partial charge in [-0.2, -0.15) is 0 Å². The maximum Gasteiger partial charge on any atom is 0.257 e. The molecule has 0 bridgehead atoms. The standard InChI is InChI=1S/C17H18FN3O3S/c1-21(15-7-8-25(23,24)11-15)16-6-5-12(10-19-16)17(22)20-14-4-2-3-13(18)9-14/h2-6,9-10,15H,7-8,11H2,1H3,(H,20,22). The molecule has 1 N–H and O–H groups in total. The van der Waals surface area contributed by atoms with E-state index in [-0.39, 0.29) is 17.5 Å². The van der Waals surface area contributed by atoms with Crippen LogP contribution in [0.1, 0.15) is 16.8 Å². The first-order valence-corrected chi connectivity index (χ1v) is 9.62. The number of sulfone groups is 1. The molecule has 8 heteroatoms. The Morgan fingerprint density at radius 3 is 2.72 bits per heavy atom. The lowest BCUT2D eigenvalue weighted by Crippen LogP contribution is -2.33. The number of nitrogens with zero attached hydrogens (tertiary/aromatic N) is 2. The molecule has 1 saturated heterocycles. The summed E-state index contributed by atoms with van der Waals surface area (Å²) < 4.78 is 36.3. The van der Waals surface area contributed by atoms with Crippen LogP contribution < -0.4 is 10.2 Å². The molecule has 0 radical (unpaired) electrons. The minimum Gasteiger partial charge on any atom is -0.356 e. The highest BCUT2D eigenvalue weighted by atomic mass is 32.2. The fourth-order valence-electron chi connectivity index (χ4n) is 2.77. The third-order valence-electron chi connectivity index (χ3n) is 4.21. The van der Waals surface area contributed by atoms with Gasteiger partial charge in [0.2, 0.25) is 0 Å². The smallest absolute Gasteiger partial charge is 0.257 e. The lowest BCUT2D eigenvalue weighted by atomic mass is 10.2. The van der Waals surface area contributed by atoms with E-state index >= 15 is 0 Å². The molecule has 1 aromatic heterocycles. The van der Waals surface area contributed by atoms with Crippen LogP contribution in [-0.2, 0) is 9.84 Å². The number of rotatable bonds is 4. The summed E-state index contributed by atoms with van der Waals surface area (Å²) in [6.45, 7) is 0. The predicted molar refractivity (Wildman–Crippen MR) is 94.1 cm³/mol. The number of pyridine rings is 1. The Balaban J connectivity index is 1.68. The van der Waals surface area contributed by atoms with E-state index in [1.165, 1.54) is 24.4 Å². The van der Waals surface area contributed by atoms with E-state index in [9.17, 15) is 17.6 Å².